The lowest BCUT2D eigenvalue weighted by atomic mass is 10.0. The maximum absolute atomic E-state index is 5.00. The number of nitrogens with zero attached hydrogens (tertiary/aromatic N) is 5. The largest absolute Gasteiger partial charge is 0.330 e. The van der Waals surface area contributed by atoms with Crippen molar-refractivity contribution >= 4 is 11.0 Å². The van der Waals surface area contributed by atoms with Crippen molar-refractivity contribution in [3.8, 4) is 22.5 Å². The summed E-state index contributed by atoms with van der Waals surface area (Å²) in [5, 5.41) is 8.17. The predicted molar refractivity (Wildman–Crippen MR) is 104 cm³/mol. The highest BCUT2D eigenvalue weighted by atomic mass is 16.6. The number of fused-ring (bicyclic) bond motifs is 1. The topological polar surface area (TPSA) is 60.0 Å². The lowest BCUT2D eigenvalue weighted by Gasteiger charge is -2.15. The zero-order chi connectivity index (χ0) is 18.2. The molecular formula is C21H21N5O. The summed E-state index contributed by atoms with van der Waals surface area (Å²) >= 11 is 0. The number of hydrogen-bond donors (Lipinski definition) is 0. The maximum Gasteiger partial charge on any atom is 0.144 e. The first-order chi connectivity index (χ1) is 13.3. The van der Waals surface area contributed by atoms with Crippen LogP contribution in [0, 0.1) is 5.92 Å². The number of imidazole rings is 1. The Morgan fingerprint density at radius 2 is 1.96 bits per heavy atom. The summed E-state index contributed by atoms with van der Waals surface area (Å²) in [5.74, 6) is 0.626. The van der Waals surface area contributed by atoms with Crippen molar-refractivity contribution in [3.63, 3.8) is 0 Å². The molecule has 2 aromatic heterocycles. The van der Waals surface area contributed by atoms with Crippen molar-refractivity contribution in [2.45, 2.75) is 13.0 Å². The summed E-state index contributed by atoms with van der Waals surface area (Å²) in [6.07, 6.45) is 3.17. The molecule has 1 fully saturated rings. The van der Waals surface area contributed by atoms with Gasteiger partial charge < -0.3 is 9.47 Å². The van der Waals surface area contributed by atoms with E-state index in [1.165, 1.54) is 6.42 Å². The third-order valence-corrected chi connectivity index (χ3v) is 5.37. The molecule has 5 rings (SSSR count). The Morgan fingerprint density at radius 3 is 2.78 bits per heavy atom. The van der Waals surface area contributed by atoms with Gasteiger partial charge in [-0.1, -0.05) is 42.5 Å². The van der Waals surface area contributed by atoms with Gasteiger partial charge in [0.2, 0.25) is 0 Å². The van der Waals surface area contributed by atoms with E-state index in [0.29, 0.717) is 5.92 Å². The standard InChI is InChI=1S/C21H21N5O/c1-25-11-10-15(12-25)13-26-14-22-19(16-6-3-2-4-7-16)21(26)17-8-5-9-18-20(17)24-27-23-18/h2-9,14-15H,10-13H2,1H3/t15-/m0/s1. The Morgan fingerprint density at radius 1 is 1.07 bits per heavy atom. The van der Waals surface area contributed by atoms with E-state index in [4.69, 9.17) is 9.61 Å². The van der Waals surface area contributed by atoms with Gasteiger partial charge in [-0.2, -0.15) is 0 Å². The molecule has 4 aromatic rings. The molecule has 0 saturated carbocycles. The fourth-order valence-corrected chi connectivity index (χ4v) is 4.06. The molecule has 3 heterocycles. The highest BCUT2D eigenvalue weighted by Crippen LogP contribution is 2.35. The van der Waals surface area contributed by atoms with Gasteiger partial charge in [0.25, 0.3) is 0 Å². The number of benzene rings is 2. The maximum atomic E-state index is 5.00. The van der Waals surface area contributed by atoms with E-state index in [0.717, 1.165) is 53.2 Å². The van der Waals surface area contributed by atoms with Crippen molar-refractivity contribution in [2.75, 3.05) is 20.1 Å². The van der Waals surface area contributed by atoms with Crippen LogP contribution in [0.1, 0.15) is 6.42 Å². The average molecular weight is 359 g/mol. The molecule has 0 amide bonds. The van der Waals surface area contributed by atoms with Crippen molar-refractivity contribution in [1.82, 2.24) is 24.8 Å². The van der Waals surface area contributed by atoms with E-state index < -0.39 is 0 Å². The van der Waals surface area contributed by atoms with Crippen molar-refractivity contribution in [3.05, 3.63) is 54.9 Å². The summed E-state index contributed by atoms with van der Waals surface area (Å²) in [6, 6.07) is 16.3. The predicted octanol–water partition coefficient (Wildman–Crippen LogP) is 3.71. The number of rotatable bonds is 4. The Hall–Kier alpha value is -2.99. The lowest BCUT2D eigenvalue weighted by molar-refractivity contribution is 0.315. The molecule has 1 atom stereocenters. The van der Waals surface area contributed by atoms with Gasteiger partial charge in [-0.05, 0) is 42.3 Å². The van der Waals surface area contributed by atoms with E-state index in [1.54, 1.807) is 0 Å². The van der Waals surface area contributed by atoms with E-state index in [-0.39, 0.29) is 0 Å². The molecule has 0 spiro atoms. The third-order valence-electron chi connectivity index (χ3n) is 5.37. The fourth-order valence-electron chi connectivity index (χ4n) is 4.06. The summed E-state index contributed by atoms with van der Waals surface area (Å²) in [4.78, 5) is 7.18. The normalized spacial score (nSPS) is 17.7. The first-order valence-electron chi connectivity index (χ1n) is 9.30. The van der Waals surface area contributed by atoms with Gasteiger partial charge in [-0.25, -0.2) is 9.61 Å². The molecule has 6 heteroatoms. The number of likely N-dealkylation sites (tertiary alicyclic amines) is 1. The summed E-state index contributed by atoms with van der Waals surface area (Å²) in [5.41, 5.74) is 5.70. The van der Waals surface area contributed by atoms with Crippen LogP contribution in [0.15, 0.2) is 59.5 Å². The quantitative estimate of drug-likeness (QED) is 0.556. The molecule has 0 radical (unpaired) electrons. The SMILES string of the molecule is CN1CC[C@H](Cn2cnc(-c3ccccc3)c2-c2cccc3nonc23)C1. The second-order valence-corrected chi connectivity index (χ2v) is 7.31. The van der Waals surface area contributed by atoms with Crippen LogP contribution < -0.4 is 0 Å². The highest BCUT2D eigenvalue weighted by molar-refractivity contribution is 5.94. The second kappa shape index (κ2) is 6.63. The molecule has 0 aliphatic carbocycles. The van der Waals surface area contributed by atoms with Crippen LogP contribution in [0.25, 0.3) is 33.5 Å². The molecular weight excluding hydrogens is 338 g/mol. The molecule has 136 valence electrons. The van der Waals surface area contributed by atoms with Crippen LogP contribution in [0.2, 0.25) is 0 Å². The van der Waals surface area contributed by atoms with E-state index in [9.17, 15) is 0 Å². The minimum Gasteiger partial charge on any atom is -0.330 e. The van der Waals surface area contributed by atoms with Gasteiger partial charge in [-0.3, -0.25) is 0 Å². The Balaban J connectivity index is 1.66. The fraction of sp³-hybridized carbons (Fsp3) is 0.286. The van der Waals surface area contributed by atoms with E-state index in [1.807, 2.05) is 36.7 Å². The van der Waals surface area contributed by atoms with Gasteiger partial charge in [0, 0.05) is 24.2 Å². The highest BCUT2D eigenvalue weighted by Gasteiger charge is 2.24. The Kier molecular flexibility index (Phi) is 3.98. The van der Waals surface area contributed by atoms with Crippen LogP contribution in [0.4, 0.5) is 0 Å². The molecule has 1 aliphatic heterocycles. The minimum absolute atomic E-state index is 0.626. The molecule has 0 N–H and O–H groups in total. The Bertz CT molecular complexity index is 1070. The molecule has 0 bridgehead atoms. The third kappa shape index (κ3) is 2.92. The van der Waals surface area contributed by atoms with Crippen LogP contribution in [0.3, 0.4) is 0 Å². The van der Waals surface area contributed by atoms with Crippen LogP contribution in [-0.2, 0) is 6.54 Å². The molecule has 27 heavy (non-hydrogen) atoms. The second-order valence-electron chi connectivity index (χ2n) is 7.31. The molecule has 2 aromatic carbocycles. The minimum atomic E-state index is 0.626. The van der Waals surface area contributed by atoms with Gasteiger partial charge in [0.15, 0.2) is 0 Å². The van der Waals surface area contributed by atoms with Crippen molar-refractivity contribution in [2.24, 2.45) is 5.92 Å². The zero-order valence-corrected chi connectivity index (χ0v) is 15.2. The first kappa shape index (κ1) is 16.2. The number of aromatic nitrogens is 4. The molecule has 0 unspecified atom stereocenters. The van der Waals surface area contributed by atoms with Gasteiger partial charge in [-0.15, -0.1) is 0 Å². The number of hydrogen-bond acceptors (Lipinski definition) is 5. The van der Waals surface area contributed by atoms with Gasteiger partial charge in [0.05, 0.1) is 17.7 Å². The van der Waals surface area contributed by atoms with Crippen molar-refractivity contribution in [1.29, 1.82) is 0 Å². The van der Waals surface area contributed by atoms with Crippen molar-refractivity contribution < 1.29 is 4.63 Å². The summed E-state index contributed by atoms with van der Waals surface area (Å²) in [6.45, 7) is 3.22. The Labute approximate surface area is 157 Å². The first-order valence-corrected chi connectivity index (χ1v) is 9.30. The molecule has 1 aliphatic rings. The molecule has 6 nitrogen and oxygen atoms in total. The smallest absolute Gasteiger partial charge is 0.144 e. The average Bonchev–Trinajstić information content (AvgIpc) is 3.42. The summed E-state index contributed by atoms with van der Waals surface area (Å²) in [7, 11) is 2.19. The van der Waals surface area contributed by atoms with Gasteiger partial charge in [0.1, 0.15) is 11.0 Å². The van der Waals surface area contributed by atoms with Crippen LogP contribution in [-0.4, -0.2) is 44.9 Å². The zero-order valence-electron chi connectivity index (χ0n) is 15.2. The lowest BCUT2D eigenvalue weighted by Crippen LogP contribution is -2.17. The summed E-state index contributed by atoms with van der Waals surface area (Å²) < 4.78 is 7.27. The van der Waals surface area contributed by atoms with Crippen LogP contribution in [0.5, 0.6) is 0 Å². The molecule has 1 saturated heterocycles. The van der Waals surface area contributed by atoms with Gasteiger partial charge >= 0.3 is 0 Å². The monoisotopic (exact) mass is 359 g/mol. The van der Waals surface area contributed by atoms with E-state index in [2.05, 4.69) is 45.0 Å². The van der Waals surface area contributed by atoms with Crippen LogP contribution >= 0.6 is 0 Å². The van der Waals surface area contributed by atoms with E-state index >= 15 is 0 Å².